The molecule has 0 saturated heterocycles. The first-order chi connectivity index (χ1) is 8.42. The van der Waals surface area contributed by atoms with Crippen LogP contribution in [0.3, 0.4) is 0 Å². The first kappa shape index (κ1) is 16.0. The molecule has 0 saturated carbocycles. The fourth-order valence-corrected chi connectivity index (χ4v) is 2.39. The van der Waals surface area contributed by atoms with E-state index in [-0.39, 0.29) is 24.8 Å². The molecule has 0 N–H and O–H groups in total. The highest BCUT2D eigenvalue weighted by Gasteiger charge is 2.16. The normalized spacial score (nSPS) is 13.9. The fourth-order valence-electron chi connectivity index (χ4n) is 2.39. The van der Waals surface area contributed by atoms with E-state index >= 15 is 0 Å². The average Bonchev–Trinajstić information content (AvgIpc) is 2.40. The molecule has 0 radical (unpaired) electrons. The molecule has 0 bridgehead atoms. The molecule has 4 heteroatoms. The Hall–Kier alpha value is -1.09. The van der Waals surface area contributed by atoms with Crippen molar-refractivity contribution in [3.8, 4) is 0 Å². The molecule has 2 heterocycles. The van der Waals surface area contributed by atoms with Crippen molar-refractivity contribution in [3.63, 3.8) is 0 Å². The van der Waals surface area contributed by atoms with Gasteiger partial charge in [0, 0.05) is 25.8 Å². The zero-order chi connectivity index (χ0) is 11.5. The van der Waals surface area contributed by atoms with E-state index in [9.17, 15) is 0 Å². The van der Waals surface area contributed by atoms with E-state index in [4.69, 9.17) is 0 Å². The molecule has 1 aromatic carbocycles. The Morgan fingerprint density at radius 3 is 2.58 bits per heavy atom. The maximum absolute atomic E-state index is 4.47. The quantitative estimate of drug-likeness (QED) is 0.843. The van der Waals surface area contributed by atoms with Gasteiger partial charge in [0.2, 0.25) is 0 Å². The topological polar surface area (TPSA) is 16.1 Å². The van der Waals surface area contributed by atoms with Crippen LogP contribution in [0, 0.1) is 0 Å². The summed E-state index contributed by atoms with van der Waals surface area (Å²) in [5, 5.41) is 0. The van der Waals surface area contributed by atoms with Crippen LogP contribution in [0.1, 0.15) is 16.8 Å². The lowest BCUT2D eigenvalue weighted by molar-refractivity contribution is 0.241. The largest absolute Gasteiger partial charge is 0.293 e. The standard InChI is InChI=1S/C15H16N2.2ClH/c1-2-5-13(6-3-1)11-17-10-8-14-7-4-9-16-15(14)12-17;;/h1-7,9H,8,10-12H2;2*1H. The average molecular weight is 297 g/mol. The first-order valence-electron chi connectivity index (χ1n) is 6.11. The van der Waals surface area contributed by atoms with Crippen molar-refractivity contribution < 1.29 is 0 Å². The van der Waals surface area contributed by atoms with Gasteiger partial charge in [-0.05, 0) is 23.6 Å². The molecule has 2 nitrogen and oxygen atoms in total. The lowest BCUT2D eigenvalue weighted by Crippen LogP contribution is -2.30. The third-order valence-electron chi connectivity index (χ3n) is 3.30. The number of fused-ring (bicyclic) bond motifs is 1. The van der Waals surface area contributed by atoms with Crippen molar-refractivity contribution in [2.45, 2.75) is 19.5 Å². The van der Waals surface area contributed by atoms with Gasteiger partial charge in [-0.2, -0.15) is 0 Å². The predicted molar refractivity (Wildman–Crippen MR) is 83.0 cm³/mol. The predicted octanol–water partition coefficient (Wildman–Crippen LogP) is 3.48. The van der Waals surface area contributed by atoms with Gasteiger partial charge in [-0.25, -0.2) is 0 Å². The number of rotatable bonds is 2. The summed E-state index contributed by atoms with van der Waals surface area (Å²) in [6, 6.07) is 14.9. The van der Waals surface area contributed by atoms with E-state index in [2.05, 4.69) is 46.3 Å². The third kappa shape index (κ3) is 3.93. The van der Waals surface area contributed by atoms with E-state index in [1.54, 1.807) is 0 Å². The van der Waals surface area contributed by atoms with Crippen LogP contribution in [-0.2, 0) is 19.5 Å². The van der Waals surface area contributed by atoms with Crippen LogP contribution < -0.4 is 0 Å². The minimum atomic E-state index is 0. The number of benzene rings is 1. The third-order valence-corrected chi connectivity index (χ3v) is 3.30. The summed E-state index contributed by atoms with van der Waals surface area (Å²) in [6.07, 6.45) is 3.01. The molecule has 0 unspecified atom stereocenters. The van der Waals surface area contributed by atoms with Gasteiger partial charge in [-0.1, -0.05) is 36.4 Å². The van der Waals surface area contributed by atoms with Gasteiger partial charge >= 0.3 is 0 Å². The van der Waals surface area contributed by atoms with E-state index in [0.717, 1.165) is 26.1 Å². The van der Waals surface area contributed by atoms with E-state index < -0.39 is 0 Å². The Bertz CT molecular complexity index is 503. The zero-order valence-electron chi connectivity index (χ0n) is 10.7. The molecule has 1 aliphatic rings. The van der Waals surface area contributed by atoms with Gasteiger partial charge in [0.25, 0.3) is 0 Å². The number of hydrogen-bond donors (Lipinski definition) is 0. The molecule has 0 amide bonds. The summed E-state index contributed by atoms with van der Waals surface area (Å²) in [5.74, 6) is 0. The Labute approximate surface area is 126 Å². The van der Waals surface area contributed by atoms with Crippen molar-refractivity contribution in [1.82, 2.24) is 9.88 Å². The highest BCUT2D eigenvalue weighted by atomic mass is 35.5. The van der Waals surface area contributed by atoms with Crippen molar-refractivity contribution in [2.75, 3.05) is 6.54 Å². The van der Waals surface area contributed by atoms with Gasteiger partial charge in [0.15, 0.2) is 0 Å². The van der Waals surface area contributed by atoms with Crippen LogP contribution in [0.5, 0.6) is 0 Å². The summed E-state index contributed by atoms with van der Waals surface area (Å²) >= 11 is 0. The molecule has 3 rings (SSSR count). The molecule has 0 fully saturated rings. The molecule has 1 aromatic heterocycles. The molecular weight excluding hydrogens is 279 g/mol. The van der Waals surface area contributed by atoms with Crippen LogP contribution in [-0.4, -0.2) is 16.4 Å². The van der Waals surface area contributed by atoms with Crippen molar-refractivity contribution >= 4 is 24.8 Å². The highest BCUT2D eigenvalue weighted by Crippen LogP contribution is 2.18. The molecule has 0 spiro atoms. The van der Waals surface area contributed by atoms with Crippen LogP contribution in [0.25, 0.3) is 0 Å². The van der Waals surface area contributed by atoms with Crippen molar-refractivity contribution in [2.24, 2.45) is 0 Å². The molecule has 1 aliphatic heterocycles. The maximum atomic E-state index is 4.47. The Balaban J connectivity index is 0.000000902. The van der Waals surface area contributed by atoms with E-state index in [1.165, 1.54) is 16.8 Å². The van der Waals surface area contributed by atoms with Crippen molar-refractivity contribution in [1.29, 1.82) is 0 Å². The summed E-state index contributed by atoms with van der Waals surface area (Å²) in [7, 11) is 0. The number of hydrogen-bond acceptors (Lipinski definition) is 2. The van der Waals surface area contributed by atoms with Gasteiger partial charge in [-0.15, -0.1) is 24.8 Å². The summed E-state index contributed by atoms with van der Waals surface area (Å²) < 4.78 is 0. The fraction of sp³-hybridized carbons (Fsp3) is 0.267. The van der Waals surface area contributed by atoms with Gasteiger partial charge < -0.3 is 0 Å². The monoisotopic (exact) mass is 296 g/mol. The number of halogens is 2. The first-order valence-corrected chi connectivity index (χ1v) is 6.11. The second-order valence-corrected chi connectivity index (χ2v) is 4.56. The highest BCUT2D eigenvalue weighted by molar-refractivity contribution is 5.85. The minimum absolute atomic E-state index is 0. The zero-order valence-corrected chi connectivity index (χ0v) is 12.3. The van der Waals surface area contributed by atoms with Crippen LogP contribution in [0.4, 0.5) is 0 Å². The lowest BCUT2D eigenvalue weighted by Gasteiger charge is -2.27. The van der Waals surface area contributed by atoms with Crippen LogP contribution >= 0.6 is 24.8 Å². The maximum Gasteiger partial charge on any atom is 0.0576 e. The Kier molecular flexibility index (Phi) is 6.29. The number of aromatic nitrogens is 1. The molecule has 0 aliphatic carbocycles. The van der Waals surface area contributed by atoms with E-state index in [0.29, 0.717) is 0 Å². The smallest absolute Gasteiger partial charge is 0.0576 e. The SMILES string of the molecule is Cl.Cl.c1ccc(CN2CCc3cccnc3C2)cc1. The number of nitrogens with zero attached hydrogens (tertiary/aromatic N) is 2. The Morgan fingerprint density at radius 2 is 1.79 bits per heavy atom. The second kappa shape index (κ2) is 7.49. The summed E-state index contributed by atoms with van der Waals surface area (Å²) in [6.45, 7) is 3.13. The number of pyridine rings is 1. The molecule has 102 valence electrons. The van der Waals surface area contributed by atoms with Crippen molar-refractivity contribution in [3.05, 3.63) is 65.5 Å². The molecular formula is C15H18Cl2N2. The molecule has 19 heavy (non-hydrogen) atoms. The summed E-state index contributed by atoms with van der Waals surface area (Å²) in [4.78, 5) is 6.93. The molecule has 2 aromatic rings. The van der Waals surface area contributed by atoms with Gasteiger partial charge in [0.1, 0.15) is 0 Å². The Morgan fingerprint density at radius 1 is 1.00 bits per heavy atom. The summed E-state index contributed by atoms with van der Waals surface area (Å²) in [5.41, 5.74) is 4.04. The molecule has 0 atom stereocenters. The van der Waals surface area contributed by atoms with Crippen LogP contribution in [0.15, 0.2) is 48.7 Å². The van der Waals surface area contributed by atoms with Gasteiger partial charge in [0.05, 0.1) is 5.69 Å². The second-order valence-electron chi connectivity index (χ2n) is 4.56. The van der Waals surface area contributed by atoms with E-state index in [1.807, 2.05) is 12.3 Å². The minimum Gasteiger partial charge on any atom is -0.293 e. The van der Waals surface area contributed by atoms with Crippen LogP contribution in [0.2, 0.25) is 0 Å². The van der Waals surface area contributed by atoms with Gasteiger partial charge in [-0.3, -0.25) is 9.88 Å². The lowest BCUT2D eigenvalue weighted by atomic mass is 10.0.